The molecule has 19 heavy (non-hydrogen) atoms. The summed E-state index contributed by atoms with van der Waals surface area (Å²) >= 11 is 6.05. The smallest absolute Gasteiger partial charge is 0.219 e. The molecule has 0 unspecified atom stereocenters. The molecule has 0 amide bonds. The van der Waals surface area contributed by atoms with Gasteiger partial charge in [-0.1, -0.05) is 30.5 Å². The zero-order valence-electron chi connectivity index (χ0n) is 10.8. The van der Waals surface area contributed by atoms with E-state index in [-0.39, 0.29) is 5.95 Å². The highest BCUT2D eigenvalue weighted by molar-refractivity contribution is 6.76. The largest absolute Gasteiger partial charge is 0.272 e. The van der Waals surface area contributed by atoms with E-state index < -0.39 is 0 Å². The Kier molecular flexibility index (Phi) is 3.69. The van der Waals surface area contributed by atoms with Gasteiger partial charge in [0, 0.05) is 18.7 Å². The number of dihydropyridines is 1. The van der Waals surface area contributed by atoms with E-state index in [1.807, 2.05) is 6.08 Å². The van der Waals surface area contributed by atoms with Gasteiger partial charge in [0.1, 0.15) is 5.17 Å². The molecule has 102 valence electrons. The van der Waals surface area contributed by atoms with Crippen LogP contribution in [0.25, 0.3) is 5.57 Å². The van der Waals surface area contributed by atoms with E-state index in [9.17, 15) is 4.39 Å². The van der Waals surface area contributed by atoms with Crippen LogP contribution < -0.4 is 0 Å². The van der Waals surface area contributed by atoms with Crippen molar-refractivity contribution in [2.45, 2.75) is 38.6 Å². The number of hydrogen-bond acceptors (Lipinski definition) is 2. The van der Waals surface area contributed by atoms with Crippen LogP contribution in [0.1, 0.15) is 37.7 Å². The van der Waals surface area contributed by atoms with Crippen LogP contribution >= 0.6 is 11.6 Å². The fourth-order valence-electron chi connectivity index (χ4n) is 2.88. The fourth-order valence-corrected chi connectivity index (χ4v) is 3.14. The molecule has 0 saturated heterocycles. The van der Waals surface area contributed by atoms with Crippen LogP contribution in [0.15, 0.2) is 17.3 Å². The van der Waals surface area contributed by atoms with Crippen molar-refractivity contribution in [3.05, 3.63) is 23.8 Å². The number of aliphatic imine (C=N–C) groups is 1. The van der Waals surface area contributed by atoms with Gasteiger partial charge >= 0.3 is 0 Å². The molecule has 3 nitrogen and oxygen atoms in total. The summed E-state index contributed by atoms with van der Waals surface area (Å²) in [5, 5.41) is 4.57. The Labute approximate surface area is 117 Å². The van der Waals surface area contributed by atoms with Gasteiger partial charge in [-0.3, -0.25) is 4.99 Å². The van der Waals surface area contributed by atoms with Gasteiger partial charge in [0.2, 0.25) is 5.95 Å². The van der Waals surface area contributed by atoms with Crippen LogP contribution in [-0.2, 0) is 6.54 Å². The van der Waals surface area contributed by atoms with Gasteiger partial charge in [0.25, 0.3) is 0 Å². The average Bonchev–Trinajstić information content (AvgIpc) is 3.03. The molecule has 2 aliphatic rings. The molecule has 1 aromatic rings. The minimum Gasteiger partial charge on any atom is -0.272 e. The van der Waals surface area contributed by atoms with Gasteiger partial charge < -0.3 is 0 Å². The quantitative estimate of drug-likeness (QED) is 0.832. The van der Waals surface area contributed by atoms with E-state index in [1.165, 1.54) is 30.4 Å². The molecule has 0 bridgehead atoms. The Morgan fingerprint density at radius 2 is 2.16 bits per heavy atom. The van der Waals surface area contributed by atoms with Crippen molar-refractivity contribution in [1.29, 1.82) is 0 Å². The SMILES string of the molecule is Fc1c(C2=CCCN=C2Cl)cnn1CC1CCCC1. The van der Waals surface area contributed by atoms with E-state index in [4.69, 9.17) is 11.6 Å². The summed E-state index contributed by atoms with van der Waals surface area (Å²) in [6, 6.07) is 0. The molecule has 0 N–H and O–H groups in total. The van der Waals surface area contributed by atoms with Crippen molar-refractivity contribution < 1.29 is 4.39 Å². The second kappa shape index (κ2) is 5.45. The van der Waals surface area contributed by atoms with Crippen LogP contribution in [0.4, 0.5) is 4.39 Å². The number of hydrogen-bond donors (Lipinski definition) is 0. The minimum atomic E-state index is -0.284. The van der Waals surface area contributed by atoms with E-state index in [0.29, 0.717) is 35.3 Å². The van der Waals surface area contributed by atoms with E-state index in [1.54, 1.807) is 6.20 Å². The number of halogens is 2. The highest BCUT2D eigenvalue weighted by Crippen LogP contribution is 2.28. The number of aromatic nitrogens is 2. The maximum absolute atomic E-state index is 14.4. The lowest BCUT2D eigenvalue weighted by atomic mass is 10.1. The lowest BCUT2D eigenvalue weighted by molar-refractivity contribution is 0.372. The van der Waals surface area contributed by atoms with Gasteiger partial charge in [-0.05, 0) is 25.2 Å². The molecular weight excluding hydrogens is 265 g/mol. The summed E-state index contributed by atoms with van der Waals surface area (Å²) < 4.78 is 15.9. The third-order valence-corrected chi connectivity index (χ3v) is 4.24. The predicted molar refractivity (Wildman–Crippen MR) is 74.9 cm³/mol. The van der Waals surface area contributed by atoms with Crippen molar-refractivity contribution in [3.63, 3.8) is 0 Å². The topological polar surface area (TPSA) is 30.2 Å². The first-order valence-corrected chi connectivity index (χ1v) is 7.25. The first-order valence-electron chi connectivity index (χ1n) is 6.88. The molecule has 1 aliphatic carbocycles. The van der Waals surface area contributed by atoms with Crippen LogP contribution in [0.3, 0.4) is 0 Å². The summed E-state index contributed by atoms with van der Waals surface area (Å²) in [4.78, 5) is 4.15. The van der Waals surface area contributed by atoms with Crippen LogP contribution in [0, 0.1) is 11.9 Å². The molecule has 0 spiro atoms. The maximum atomic E-state index is 14.4. The van der Waals surface area contributed by atoms with Crippen LogP contribution in [0.5, 0.6) is 0 Å². The molecule has 0 aromatic carbocycles. The molecule has 0 radical (unpaired) electrons. The highest BCUT2D eigenvalue weighted by atomic mass is 35.5. The van der Waals surface area contributed by atoms with Crippen molar-refractivity contribution in [2.75, 3.05) is 6.54 Å². The number of rotatable bonds is 3. The van der Waals surface area contributed by atoms with Gasteiger partial charge in [0.15, 0.2) is 0 Å². The van der Waals surface area contributed by atoms with E-state index in [2.05, 4.69) is 10.1 Å². The second-order valence-corrected chi connectivity index (χ2v) is 5.62. The maximum Gasteiger partial charge on any atom is 0.219 e. The number of nitrogens with zero attached hydrogens (tertiary/aromatic N) is 3. The summed E-state index contributed by atoms with van der Waals surface area (Å²) in [6.45, 7) is 1.36. The highest BCUT2D eigenvalue weighted by Gasteiger charge is 2.22. The Morgan fingerprint density at radius 3 is 2.89 bits per heavy atom. The van der Waals surface area contributed by atoms with Crippen LogP contribution in [-0.4, -0.2) is 21.5 Å². The molecular formula is C14H17ClFN3. The summed E-state index contributed by atoms with van der Waals surface area (Å²) in [5.74, 6) is 0.278. The number of allylic oxidation sites excluding steroid dienone is 1. The zero-order valence-corrected chi connectivity index (χ0v) is 11.5. The minimum absolute atomic E-state index is 0.284. The molecule has 3 rings (SSSR count). The third-order valence-electron chi connectivity index (χ3n) is 3.92. The van der Waals surface area contributed by atoms with Gasteiger partial charge in [-0.25, -0.2) is 4.68 Å². The van der Waals surface area contributed by atoms with Crippen molar-refractivity contribution in [2.24, 2.45) is 10.9 Å². The summed E-state index contributed by atoms with van der Waals surface area (Å²) in [5.41, 5.74) is 1.16. The Morgan fingerprint density at radius 1 is 1.37 bits per heavy atom. The molecule has 1 fully saturated rings. The Bertz CT molecular complexity index is 527. The molecule has 1 saturated carbocycles. The van der Waals surface area contributed by atoms with Gasteiger partial charge in [-0.2, -0.15) is 9.49 Å². The van der Waals surface area contributed by atoms with E-state index >= 15 is 0 Å². The van der Waals surface area contributed by atoms with E-state index in [0.717, 1.165) is 6.42 Å². The molecule has 2 heterocycles. The lowest BCUT2D eigenvalue weighted by Gasteiger charge is -2.11. The lowest BCUT2D eigenvalue weighted by Crippen LogP contribution is -2.11. The van der Waals surface area contributed by atoms with Crippen molar-refractivity contribution in [1.82, 2.24) is 9.78 Å². The molecule has 5 heteroatoms. The predicted octanol–water partition coefficient (Wildman–Crippen LogP) is 3.64. The Balaban J connectivity index is 1.82. The first kappa shape index (κ1) is 12.9. The molecule has 0 atom stereocenters. The average molecular weight is 282 g/mol. The second-order valence-electron chi connectivity index (χ2n) is 5.26. The zero-order chi connectivity index (χ0) is 13.2. The summed E-state index contributed by atoms with van der Waals surface area (Å²) in [7, 11) is 0. The third kappa shape index (κ3) is 2.59. The molecule has 1 aromatic heterocycles. The Hall–Kier alpha value is -1.16. The van der Waals surface area contributed by atoms with Crippen molar-refractivity contribution in [3.8, 4) is 0 Å². The van der Waals surface area contributed by atoms with Gasteiger partial charge in [-0.15, -0.1) is 0 Å². The van der Waals surface area contributed by atoms with Crippen molar-refractivity contribution >= 4 is 22.3 Å². The fraction of sp³-hybridized carbons (Fsp3) is 0.571. The normalized spacial score (nSPS) is 20.5. The molecule has 1 aliphatic heterocycles. The monoisotopic (exact) mass is 281 g/mol. The standard InChI is InChI=1S/C14H17ClFN3/c15-13-11(6-3-7-17-13)12-8-18-19(14(12)16)9-10-4-1-2-5-10/h6,8,10H,1-5,7,9H2. The van der Waals surface area contributed by atoms with Gasteiger partial charge in [0.05, 0.1) is 11.8 Å². The summed E-state index contributed by atoms with van der Waals surface area (Å²) in [6.07, 6.45) is 9.18. The van der Waals surface area contributed by atoms with Crippen LogP contribution in [0.2, 0.25) is 0 Å². The first-order chi connectivity index (χ1) is 9.25.